The van der Waals surface area contributed by atoms with Crippen LogP contribution in [0, 0.1) is 6.92 Å². The van der Waals surface area contributed by atoms with Crippen molar-refractivity contribution in [3.8, 4) is 17.1 Å². The molecule has 3 aromatic heterocycles. The molecule has 0 aliphatic carbocycles. The second-order valence-corrected chi connectivity index (χ2v) is 11.0. The molecule has 1 amide bonds. The minimum absolute atomic E-state index is 0.346. The number of rotatable bonds is 7. The van der Waals surface area contributed by atoms with Crippen LogP contribution in [-0.2, 0) is 21.9 Å². The second-order valence-electron chi connectivity index (χ2n) is 9.03. The lowest BCUT2D eigenvalue weighted by Gasteiger charge is -2.21. The van der Waals surface area contributed by atoms with E-state index in [1.807, 2.05) is 25.3 Å². The Bertz CT molecular complexity index is 1590. The van der Waals surface area contributed by atoms with Crippen molar-refractivity contribution in [3.63, 3.8) is 0 Å². The molecule has 5 rings (SSSR count). The van der Waals surface area contributed by atoms with Crippen LogP contribution in [0.15, 0.2) is 36.8 Å². The van der Waals surface area contributed by atoms with Crippen LogP contribution in [0.25, 0.3) is 22.2 Å². The predicted molar refractivity (Wildman–Crippen MR) is 140 cm³/mol. The molecule has 37 heavy (non-hydrogen) atoms. The highest BCUT2D eigenvalue weighted by Crippen LogP contribution is 2.34. The Hall–Kier alpha value is -3.97. The molecule has 13 heteroatoms. The largest absolute Gasteiger partial charge is 0.478 e. The molecule has 1 fully saturated rings. The zero-order valence-electron chi connectivity index (χ0n) is 20.9. The lowest BCUT2D eigenvalue weighted by Crippen LogP contribution is -2.42. The van der Waals surface area contributed by atoms with Crippen molar-refractivity contribution in [1.29, 1.82) is 0 Å². The third kappa shape index (κ3) is 4.74. The summed E-state index contributed by atoms with van der Waals surface area (Å²) in [6.07, 6.45) is 7.62. The predicted octanol–water partition coefficient (Wildman–Crippen LogP) is 2.78. The number of para-hydroxylation sites is 1. The molecule has 4 heterocycles. The van der Waals surface area contributed by atoms with Crippen LogP contribution in [0.4, 0.5) is 17.3 Å². The average Bonchev–Trinajstić information content (AvgIpc) is 3.58. The van der Waals surface area contributed by atoms with Gasteiger partial charge in [0.25, 0.3) is 5.88 Å². The Morgan fingerprint density at radius 3 is 2.84 bits per heavy atom. The van der Waals surface area contributed by atoms with Crippen molar-refractivity contribution in [2.75, 3.05) is 30.5 Å². The van der Waals surface area contributed by atoms with Gasteiger partial charge in [-0.1, -0.05) is 12.1 Å². The van der Waals surface area contributed by atoms with Gasteiger partial charge in [-0.05, 0) is 31.4 Å². The van der Waals surface area contributed by atoms with Gasteiger partial charge in [-0.2, -0.15) is 4.31 Å². The molecule has 1 aliphatic rings. The standard InChI is InChI=1S/C24H28N8O4S/c1-14-11-26-24(28-18-13-31(2)30-23(18)36-3)29-20(14)16-12-25-21-15(16)7-5-8-17(21)27-22(33)19-9-6-10-32(19)37(4,34)35/h5,7-8,11-13,19,25H,6,9-10H2,1-4H3,(H,27,33)(H,26,28,29)/t19-/m0/s1. The summed E-state index contributed by atoms with van der Waals surface area (Å²) < 4.78 is 32.4. The molecule has 1 saturated heterocycles. The Labute approximate surface area is 214 Å². The summed E-state index contributed by atoms with van der Waals surface area (Å²) in [6.45, 7) is 2.27. The van der Waals surface area contributed by atoms with Crippen LogP contribution < -0.4 is 15.4 Å². The number of anilines is 3. The molecule has 3 N–H and O–H groups in total. The highest BCUT2D eigenvalue weighted by Gasteiger charge is 2.36. The smallest absolute Gasteiger partial charge is 0.256 e. The van der Waals surface area contributed by atoms with Crippen LogP contribution in [0.2, 0.25) is 0 Å². The van der Waals surface area contributed by atoms with Crippen molar-refractivity contribution in [3.05, 3.63) is 42.4 Å². The van der Waals surface area contributed by atoms with E-state index in [0.29, 0.717) is 48.3 Å². The first-order valence-electron chi connectivity index (χ1n) is 11.7. The molecule has 194 valence electrons. The molecule has 12 nitrogen and oxygen atoms in total. The average molecular weight is 525 g/mol. The van der Waals surface area contributed by atoms with E-state index in [0.717, 1.165) is 28.3 Å². The molecule has 0 unspecified atom stereocenters. The molecule has 0 bridgehead atoms. The minimum atomic E-state index is -3.47. The van der Waals surface area contributed by atoms with E-state index in [2.05, 4.69) is 25.7 Å². The highest BCUT2D eigenvalue weighted by atomic mass is 32.2. The molecule has 1 aliphatic heterocycles. The summed E-state index contributed by atoms with van der Waals surface area (Å²) >= 11 is 0. The van der Waals surface area contributed by atoms with E-state index in [1.54, 1.807) is 37.3 Å². The number of carbonyl (C=O) groups is 1. The molecular weight excluding hydrogens is 496 g/mol. The number of sulfonamides is 1. The van der Waals surface area contributed by atoms with Crippen LogP contribution in [-0.4, -0.2) is 69.3 Å². The van der Waals surface area contributed by atoms with Crippen molar-refractivity contribution in [2.45, 2.75) is 25.8 Å². The Balaban J connectivity index is 1.45. The number of amides is 1. The fourth-order valence-corrected chi connectivity index (χ4v) is 5.79. The first kappa shape index (κ1) is 24.7. The van der Waals surface area contributed by atoms with Gasteiger partial charge >= 0.3 is 0 Å². The summed E-state index contributed by atoms with van der Waals surface area (Å²) in [5, 5.41) is 11.2. The fourth-order valence-electron chi connectivity index (χ4n) is 4.67. The Morgan fingerprint density at radius 2 is 2.08 bits per heavy atom. The number of ether oxygens (including phenoxy) is 1. The highest BCUT2D eigenvalue weighted by molar-refractivity contribution is 7.88. The van der Waals surface area contributed by atoms with E-state index in [1.165, 1.54) is 4.31 Å². The van der Waals surface area contributed by atoms with Crippen LogP contribution in [0.1, 0.15) is 18.4 Å². The number of nitrogens with one attached hydrogen (secondary N) is 3. The number of carbonyl (C=O) groups excluding carboxylic acids is 1. The van der Waals surface area contributed by atoms with Crippen LogP contribution >= 0.6 is 0 Å². The molecule has 1 atom stereocenters. The molecule has 0 saturated carbocycles. The summed E-state index contributed by atoms with van der Waals surface area (Å²) in [6, 6.07) is 4.85. The summed E-state index contributed by atoms with van der Waals surface area (Å²) in [5.41, 5.74) is 4.35. The number of benzene rings is 1. The molecule has 0 radical (unpaired) electrons. The maximum absolute atomic E-state index is 13.0. The van der Waals surface area contributed by atoms with Crippen molar-refractivity contribution < 1.29 is 17.9 Å². The SMILES string of the molecule is COc1nn(C)cc1Nc1ncc(C)c(-c2c[nH]c3c(NC(=O)[C@@H]4CCCN4S(C)(=O)=O)cccc23)n1. The Morgan fingerprint density at radius 1 is 1.27 bits per heavy atom. The van der Waals surface area contributed by atoms with E-state index in [4.69, 9.17) is 9.72 Å². The lowest BCUT2D eigenvalue weighted by molar-refractivity contribution is -0.119. The van der Waals surface area contributed by atoms with Crippen molar-refractivity contribution in [2.24, 2.45) is 7.05 Å². The molecular formula is C24H28N8O4S. The third-order valence-corrected chi connectivity index (χ3v) is 7.66. The molecule has 0 spiro atoms. The quantitative estimate of drug-likeness (QED) is 0.334. The van der Waals surface area contributed by atoms with Crippen LogP contribution in [0.3, 0.4) is 0 Å². The van der Waals surface area contributed by atoms with Crippen molar-refractivity contribution in [1.82, 2.24) is 29.0 Å². The lowest BCUT2D eigenvalue weighted by atomic mass is 10.1. The van der Waals surface area contributed by atoms with E-state index in [9.17, 15) is 13.2 Å². The van der Waals surface area contributed by atoms with Crippen LogP contribution in [0.5, 0.6) is 5.88 Å². The fraction of sp³-hybridized carbons (Fsp3) is 0.333. The number of H-pyrrole nitrogens is 1. The van der Waals surface area contributed by atoms with Gasteiger partial charge in [-0.3, -0.25) is 9.48 Å². The van der Waals surface area contributed by atoms with Gasteiger partial charge in [0, 0.05) is 36.9 Å². The van der Waals surface area contributed by atoms with E-state index >= 15 is 0 Å². The van der Waals surface area contributed by atoms with Gasteiger partial charge in [-0.15, -0.1) is 5.10 Å². The number of hydrogen-bond donors (Lipinski definition) is 3. The summed E-state index contributed by atoms with van der Waals surface area (Å²) in [7, 11) is -0.128. The Kier molecular flexibility index (Phi) is 6.33. The topological polar surface area (TPSA) is 147 Å². The maximum atomic E-state index is 13.0. The normalized spacial score (nSPS) is 16.3. The number of aryl methyl sites for hydroxylation is 2. The minimum Gasteiger partial charge on any atom is -0.478 e. The van der Waals surface area contributed by atoms with Gasteiger partial charge in [0.2, 0.25) is 21.9 Å². The number of fused-ring (bicyclic) bond motifs is 1. The zero-order chi connectivity index (χ0) is 26.3. The molecule has 1 aromatic carbocycles. The van der Waals surface area contributed by atoms with Gasteiger partial charge < -0.3 is 20.4 Å². The number of aromatic nitrogens is 5. The van der Waals surface area contributed by atoms with Gasteiger partial charge in [-0.25, -0.2) is 18.4 Å². The number of hydrogen-bond acceptors (Lipinski definition) is 8. The first-order valence-corrected chi connectivity index (χ1v) is 13.6. The number of aromatic amines is 1. The second kappa shape index (κ2) is 9.48. The maximum Gasteiger partial charge on any atom is 0.256 e. The summed E-state index contributed by atoms with van der Waals surface area (Å²) in [4.78, 5) is 25.4. The zero-order valence-corrected chi connectivity index (χ0v) is 21.8. The van der Waals surface area contributed by atoms with Crippen molar-refractivity contribution >= 4 is 44.2 Å². The third-order valence-electron chi connectivity index (χ3n) is 6.37. The van der Waals surface area contributed by atoms with Gasteiger partial charge in [0.1, 0.15) is 11.7 Å². The summed E-state index contributed by atoms with van der Waals surface area (Å²) in [5.74, 6) is 0.465. The first-order chi connectivity index (χ1) is 17.7. The van der Waals surface area contributed by atoms with Gasteiger partial charge in [0.15, 0.2) is 0 Å². The number of methoxy groups -OCH3 is 1. The number of nitrogens with zero attached hydrogens (tertiary/aromatic N) is 5. The van der Waals surface area contributed by atoms with E-state index < -0.39 is 16.1 Å². The van der Waals surface area contributed by atoms with Gasteiger partial charge in [0.05, 0.1) is 36.5 Å². The molecule has 4 aromatic rings. The monoisotopic (exact) mass is 524 g/mol. The van der Waals surface area contributed by atoms with E-state index in [-0.39, 0.29) is 5.91 Å².